The lowest BCUT2D eigenvalue weighted by Crippen LogP contribution is -2.13. The normalized spacial score (nSPS) is 25.3. The zero-order valence-corrected chi connectivity index (χ0v) is 5.72. The maximum Gasteiger partial charge on any atom is 0.342 e. The maximum absolute atomic E-state index is 10.9. The summed E-state index contributed by atoms with van der Waals surface area (Å²) in [5.74, 6) is -0.843. The maximum atomic E-state index is 10.9. The Balaban J connectivity index is 2.81. The van der Waals surface area contributed by atoms with Crippen LogP contribution in [0.15, 0.2) is 12.2 Å². The molecule has 1 atom stereocenters. The van der Waals surface area contributed by atoms with Crippen LogP contribution in [0, 0.1) is 0 Å². The molecule has 54 valence electrons. The van der Waals surface area contributed by atoms with Gasteiger partial charge in [-0.1, -0.05) is 13.5 Å². The molecule has 0 amide bonds. The SMILES string of the molecule is C=C1C(=O)OC(CC)C1=O. The Hall–Kier alpha value is -1.12. The van der Waals surface area contributed by atoms with Gasteiger partial charge in [0.15, 0.2) is 6.10 Å². The minimum absolute atomic E-state index is 0.0214. The number of ketones is 1. The molecule has 0 aromatic carbocycles. The summed E-state index contributed by atoms with van der Waals surface area (Å²) < 4.78 is 4.65. The first kappa shape index (κ1) is 6.99. The fraction of sp³-hybridized carbons (Fsp3) is 0.429. The van der Waals surface area contributed by atoms with E-state index in [1.165, 1.54) is 0 Å². The summed E-state index contributed by atoms with van der Waals surface area (Å²) in [5, 5.41) is 0. The molecule has 0 aliphatic carbocycles. The second kappa shape index (κ2) is 2.25. The van der Waals surface area contributed by atoms with E-state index in [0.29, 0.717) is 6.42 Å². The number of carbonyl (C=O) groups is 2. The van der Waals surface area contributed by atoms with Crippen molar-refractivity contribution >= 4 is 11.8 Å². The highest BCUT2D eigenvalue weighted by Crippen LogP contribution is 2.16. The third-order valence-corrected chi connectivity index (χ3v) is 1.46. The highest BCUT2D eigenvalue weighted by molar-refractivity contribution is 6.22. The molecular formula is C7H8O3. The van der Waals surface area contributed by atoms with Crippen LogP contribution in [0.1, 0.15) is 13.3 Å². The van der Waals surface area contributed by atoms with Crippen molar-refractivity contribution in [2.45, 2.75) is 19.4 Å². The summed E-state index contributed by atoms with van der Waals surface area (Å²) in [6, 6.07) is 0. The molecule has 1 aliphatic rings. The fourth-order valence-corrected chi connectivity index (χ4v) is 0.818. The first-order chi connectivity index (χ1) is 4.66. The molecule has 3 nitrogen and oxygen atoms in total. The summed E-state index contributed by atoms with van der Waals surface area (Å²) in [6.45, 7) is 5.08. The third-order valence-electron chi connectivity index (χ3n) is 1.46. The smallest absolute Gasteiger partial charge is 0.342 e. The number of hydrogen-bond acceptors (Lipinski definition) is 3. The number of Topliss-reactive ketones (excluding diaryl/α,β-unsaturated/α-hetero) is 1. The van der Waals surface area contributed by atoms with Crippen LogP contribution in [0.25, 0.3) is 0 Å². The molecule has 1 rings (SSSR count). The van der Waals surface area contributed by atoms with Crippen LogP contribution in [0.4, 0.5) is 0 Å². The van der Waals surface area contributed by atoms with E-state index in [0.717, 1.165) is 0 Å². The van der Waals surface area contributed by atoms with Crippen molar-refractivity contribution in [2.24, 2.45) is 0 Å². The third kappa shape index (κ3) is 0.835. The number of esters is 1. The van der Waals surface area contributed by atoms with Gasteiger partial charge >= 0.3 is 5.97 Å². The highest BCUT2D eigenvalue weighted by Gasteiger charge is 2.35. The predicted octanol–water partition coefficient (Wildman–Crippen LogP) is 0.447. The second-order valence-electron chi connectivity index (χ2n) is 2.15. The quantitative estimate of drug-likeness (QED) is 0.301. The van der Waals surface area contributed by atoms with Crippen LogP contribution in [0.5, 0.6) is 0 Å². The molecule has 1 saturated heterocycles. The standard InChI is InChI=1S/C7H8O3/c1-3-5-6(8)4(2)7(9)10-5/h5H,2-3H2,1H3. The second-order valence-corrected chi connectivity index (χ2v) is 2.15. The van der Waals surface area contributed by atoms with E-state index in [9.17, 15) is 9.59 Å². The molecular weight excluding hydrogens is 132 g/mol. The van der Waals surface area contributed by atoms with Crippen molar-refractivity contribution in [1.29, 1.82) is 0 Å². The Labute approximate surface area is 58.7 Å². The Bertz CT molecular complexity index is 205. The number of hydrogen-bond donors (Lipinski definition) is 0. The molecule has 0 spiro atoms. The lowest BCUT2D eigenvalue weighted by Gasteiger charge is -1.99. The van der Waals surface area contributed by atoms with Crippen molar-refractivity contribution in [3.05, 3.63) is 12.2 Å². The monoisotopic (exact) mass is 140 g/mol. The summed E-state index contributed by atoms with van der Waals surface area (Å²) >= 11 is 0. The summed E-state index contributed by atoms with van der Waals surface area (Å²) in [5.41, 5.74) is -0.0214. The van der Waals surface area contributed by atoms with Gasteiger partial charge in [0.1, 0.15) is 0 Å². The van der Waals surface area contributed by atoms with Crippen molar-refractivity contribution in [1.82, 2.24) is 0 Å². The van der Waals surface area contributed by atoms with Gasteiger partial charge in [-0.05, 0) is 6.42 Å². The van der Waals surface area contributed by atoms with E-state index in [-0.39, 0.29) is 11.4 Å². The zero-order chi connectivity index (χ0) is 7.72. The largest absolute Gasteiger partial charge is 0.450 e. The van der Waals surface area contributed by atoms with E-state index in [2.05, 4.69) is 11.3 Å². The zero-order valence-electron chi connectivity index (χ0n) is 5.72. The van der Waals surface area contributed by atoms with Crippen LogP contribution >= 0.6 is 0 Å². The van der Waals surface area contributed by atoms with Gasteiger partial charge in [-0.2, -0.15) is 0 Å². The van der Waals surface area contributed by atoms with Gasteiger partial charge in [0, 0.05) is 0 Å². The summed E-state index contributed by atoms with van der Waals surface area (Å²) in [4.78, 5) is 21.5. The highest BCUT2D eigenvalue weighted by atomic mass is 16.6. The number of rotatable bonds is 1. The van der Waals surface area contributed by atoms with Crippen LogP contribution in [-0.2, 0) is 14.3 Å². The van der Waals surface area contributed by atoms with E-state index in [1.54, 1.807) is 6.92 Å². The van der Waals surface area contributed by atoms with Gasteiger partial charge in [-0.25, -0.2) is 4.79 Å². The Morgan fingerprint density at radius 1 is 1.60 bits per heavy atom. The molecule has 0 saturated carbocycles. The summed E-state index contributed by atoms with van der Waals surface area (Å²) in [7, 11) is 0. The van der Waals surface area contributed by atoms with E-state index >= 15 is 0 Å². The van der Waals surface area contributed by atoms with Gasteiger partial charge in [0.05, 0.1) is 5.57 Å². The Kier molecular flexibility index (Phi) is 1.57. The molecule has 0 N–H and O–H groups in total. The molecule has 0 bridgehead atoms. The molecule has 1 unspecified atom stereocenters. The summed E-state index contributed by atoms with van der Waals surface area (Å²) in [6.07, 6.45) is -0.0381. The number of cyclic esters (lactones) is 1. The lowest BCUT2D eigenvalue weighted by atomic mass is 10.1. The fourth-order valence-electron chi connectivity index (χ4n) is 0.818. The van der Waals surface area contributed by atoms with Gasteiger partial charge in [0.25, 0.3) is 0 Å². The minimum atomic E-state index is -0.572. The molecule has 3 heteroatoms. The first-order valence-electron chi connectivity index (χ1n) is 3.11. The van der Waals surface area contributed by atoms with Crippen molar-refractivity contribution in [3.8, 4) is 0 Å². The van der Waals surface area contributed by atoms with Gasteiger partial charge < -0.3 is 4.74 Å². The molecule has 0 aromatic rings. The number of ether oxygens (including phenoxy) is 1. The van der Waals surface area contributed by atoms with Crippen LogP contribution in [0.3, 0.4) is 0 Å². The molecule has 0 radical (unpaired) electrons. The minimum Gasteiger partial charge on any atom is -0.450 e. The molecule has 1 fully saturated rings. The van der Waals surface area contributed by atoms with Crippen molar-refractivity contribution in [3.63, 3.8) is 0 Å². The van der Waals surface area contributed by atoms with E-state index in [4.69, 9.17) is 0 Å². The van der Waals surface area contributed by atoms with Crippen LogP contribution in [-0.4, -0.2) is 17.9 Å². The predicted molar refractivity (Wildman–Crippen MR) is 34.3 cm³/mol. The van der Waals surface area contributed by atoms with Gasteiger partial charge in [0.2, 0.25) is 5.78 Å². The molecule has 10 heavy (non-hydrogen) atoms. The first-order valence-corrected chi connectivity index (χ1v) is 3.11. The van der Waals surface area contributed by atoms with Crippen LogP contribution in [0.2, 0.25) is 0 Å². The Morgan fingerprint density at radius 3 is 2.40 bits per heavy atom. The average Bonchev–Trinajstić information content (AvgIpc) is 2.17. The van der Waals surface area contributed by atoms with Crippen molar-refractivity contribution < 1.29 is 14.3 Å². The van der Waals surface area contributed by atoms with Crippen molar-refractivity contribution in [2.75, 3.05) is 0 Å². The molecule has 1 heterocycles. The average molecular weight is 140 g/mol. The topological polar surface area (TPSA) is 43.4 Å². The Morgan fingerprint density at radius 2 is 2.20 bits per heavy atom. The van der Waals surface area contributed by atoms with E-state index in [1.807, 2.05) is 0 Å². The van der Waals surface area contributed by atoms with E-state index < -0.39 is 12.1 Å². The lowest BCUT2D eigenvalue weighted by molar-refractivity contribution is -0.140. The van der Waals surface area contributed by atoms with Gasteiger partial charge in [-0.3, -0.25) is 4.79 Å². The van der Waals surface area contributed by atoms with Gasteiger partial charge in [-0.15, -0.1) is 0 Å². The van der Waals surface area contributed by atoms with Crippen LogP contribution < -0.4 is 0 Å². The molecule has 1 aliphatic heterocycles. The number of carbonyl (C=O) groups excluding carboxylic acids is 2. The molecule has 0 aromatic heterocycles.